The minimum Gasteiger partial charge on any atom is -0.397 e. The summed E-state index contributed by atoms with van der Waals surface area (Å²) < 4.78 is 0. The fraction of sp³-hybridized carbons (Fsp3) is 0.375. The number of nitrogens with zero attached hydrogens (tertiary/aromatic N) is 1. The molecule has 0 aliphatic heterocycles. The Morgan fingerprint density at radius 1 is 1.35 bits per heavy atom. The molecule has 0 amide bonds. The molecule has 2 aromatic heterocycles. The lowest BCUT2D eigenvalue weighted by atomic mass is 9.95. The highest BCUT2D eigenvalue weighted by Crippen LogP contribution is 2.30. The second kappa shape index (κ2) is 5.37. The van der Waals surface area contributed by atoms with E-state index in [2.05, 4.69) is 25.8 Å². The van der Waals surface area contributed by atoms with Crippen molar-refractivity contribution < 1.29 is 4.79 Å². The number of hydrogen-bond acceptors (Lipinski definition) is 4. The van der Waals surface area contributed by atoms with Gasteiger partial charge in [0.25, 0.3) is 0 Å². The van der Waals surface area contributed by atoms with Gasteiger partial charge in [-0.15, -0.1) is 11.3 Å². The van der Waals surface area contributed by atoms with E-state index in [4.69, 9.17) is 5.73 Å². The molecule has 2 N–H and O–H groups in total. The summed E-state index contributed by atoms with van der Waals surface area (Å²) in [5.41, 5.74) is 8.21. The van der Waals surface area contributed by atoms with E-state index in [0.29, 0.717) is 12.1 Å². The standard InChI is InChI=1S/C16H20N2OS/c1-10-12(17)7-11(9-18-10)8-13(19)14-5-6-15(20-14)16(2,3)4/h5-7,9H,8,17H2,1-4H3. The minimum atomic E-state index is 0.0824. The quantitative estimate of drug-likeness (QED) is 0.875. The molecule has 0 unspecified atom stereocenters. The molecule has 106 valence electrons. The minimum absolute atomic E-state index is 0.0824. The van der Waals surface area contributed by atoms with E-state index in [0.717, 1.165) is 16.1 Å². The van der Waals surface area contributed by atoms with Crippen LogP contribution in [0, 0.1) is 6.92 Å². The monoisotopic (exact) mass is 288 g/mol. The fourth-order valence-electron chi connectivity index (χ4n) is 1.86. The predicted molar refractivity (Wildman–Crippen MR) is 84.4 cm³/mol. The Bertz CT molecular complexity index is 638. The molecule has 0 aliphatic carbocycles. The zero-order chi connectivity index (χ0) is 14.9. The van der Waals surface area contributed by atoms with Crippen LogP contribution in [0.5, 0.6) is 0 Å². The van der Waals surface area contributed by atoms with Crippen LogP contribution in [-0.2, 0) is 11.8 Å². The number of thiophene rings is 1. The van der Waals surface area contributed by atoms with Gasteiger partial charge >= 0.3 is 0 Å². The molecular weight excluding hydrogens is 268 g/mol. The summed E-state index contributed by atoms with van der Waals surface area (Å²) in [4.78, 5) is 18.5. The third kappa shape index (κ3) is 3.25. The number of ketones is 1. The lowest BCUT2D eigenvalue weighted by Gasteiger charge is -2.15. The highest BCUT2D eigenvalue weighted by atomic mass is 32.1. The van der Waals surface area contributed by atoms with Gasteiger partial charge in [0.1, 0.15) is 0 Å². The van der Waals surface area contributed by atoms with Gasteiger partial charge in [-0.05, 0) is 36.1 Å². The number of pyridine rings is 1. The molecule has 0 aliphatic rings. The Labute approximate surface area is 123 Å². The second-order valence-corrected chi connectivity index (χ2v) is 7.12. The number of rotatable bonds is 3. The van der Waals surface area contributed by atoms with Crippen LogP contribution in [0.4, 0.5) is 5.69 Å². The lowest BCUT2D eigenvalue weighted by molar-refractivity contribution is 0.0997. The highest BCUT2D eigenvalue weighted by Gasteiger charge is 2.18. The van der Waals surface area contributed by atoms with Gasteiger partial charge in [-0.3, -0.25) is 9.78 Å². The molecule has 0 saturated heterocycles. The molecule has 0 radical (unpaired) electrons. The third-order valence-electron chi connectivity index (χ3n) is 3.17. The number of hydrogen-bond donors (Lipinski definition) is 1. The normalized spacial score (nSPS) is 11.6. The maximum atomic E-state index is 12.3. The number of aromatic nitrogens is 1. The van der Waals surface area contributed by atoms with Gasteiger partial charge in [-0.1, -0.05) is 20.8 Å². The average molecular weight is 288 g/mol. The van der Waals surface area contributed by atoms with Crippen molar-refractivity contribution in [2.24, 2.45) is 0 Å². The molecular formula is C16H20N2OS. The Morgan fingerprint density at radius 2 is 2.05 bits per heavy atom. The summed E-state index contributed by atoms with van der Waals surface area (Å²) in [5, 5.41) is 0. The van der Waals surface area contributed by atoms with E-state index < -0.39 is 0 Å². The van der Waals surface area contributed by atoms with Crippen molar-refractivity contribution in [1.82, 2.24) is 4.98 Å². The Kier molecular flexibility index (Phi) is 3.95. The lowest BCUT2D eigenvalue weighted by Crippen LogP contribution is -2.08. The molecule has 0 bridgehead atoms. The molecule has 2 aromatic rings. The number of nitrogens with two attached hydrogens (primary N) is 1. The average Bonchev–Trinajstić information content (AvgIpc) is 2.83. The molecule has 0 atom stereocenters. The number of aryl methyl sites for hydroxylation is 1. The first-order chi connectivity index (χ1) is 9.27. The van der Waals surface area contributed by atoms with Gasteiger partial charge in [0, 0.05) is 17.5 Å². The van der Waals surface area contributed by atoms with Crippen LogP contribution in [0.2, 0.25) is 0 Å². The van der Waals surface area contributed by atoms with Crippen molar-refractivity contribution in [1.29, 1.82) is 0 Å². The van der Waals surface area contributed by atoms with E-state index in [9.17, 15) is 4.79 Å². The molecule has 4 heteroatoms. The van der Waals surface area contributed by atoms with Crippen molar-refractivity contribution in [3.8, 4) is 0 Å². The number of Topliss-reactive ketones (excluding diaryl/α,β-unsaturated/α-hetero) is 1. The van der Waals surface area contributed by atoms with Crippen LogP contribution in [-0.4, -0.2) is 10.8 Å². The number of carbonyl (C=O) groups excluding carboxylic acids is 1. The van der Waals surface area contributed by atoms with Crippen LogP contribution < -0.4 is 5.73 Å². The molecule has 2 rings (SSSR count). The Hall–Kier alpha value is -1.68. The van der Waals surface area contributed by atoms with E-state index in [1.54, 1.807) is 17.5 Å². The smallest absolute Gasteiger partial charge is 0.177 e. The summed E-state index contributed by atoms with van der Waals surface area (Å²) in [6.07, 6.45) is 2.07. The fourth-order valence-corrected chi connectivity index (χ4v) is 2.86. The summed E-state index contributed by atoms with van der Waals surface area (Å²) in [7, 11) is 0. The maximum Gasteiger partial charge on any atom is 0.177 e. The first-order valence-corrected chi connectivity index (χ1v) is 7.43. The van der Waals surface area contributed by atoms with Crippen LogP contribution in [0.15, 0.2) is 24.4 Å². The van der Waals surface area contributed by atoms with E-state index in [1.807, 2.05) is 25.1 Å². The van der Waals surface area contributed by atoms with E-state index in [1.165, 1.54) is 4.88 Å². The summed E-state index contributed by atoms with van der Waals surface area (Å²) in [6, 6.07) is 5.79. The van der Waals surface area contributed by atoms with Crippen molar-refractivity contribution in [3.63, 3.8) is 0 Å². The Balaban J connectivity index is 2.16. The zero-order valence-corrected chi connectivity index (χ0v) is 13.2. The SMILES string of the molecule is Cc1ncc(CC(=O)c2ccc(C(C)(C)C)s2)cc1N. The van der Waals surface area contributed by atoms with Gasteiger partial charge in [0.05, 0.1) is 16.3 Å². The van der Waals surface area contributed by atoms with Crippen LogP contribution in [0.3, 0.4) is 0 Å². The predicted octanol–water partition coefficient (Wildman–Crippen LogP) is 3.76. The summed E-state index contributed by atoms with van der Waals surface area (Å²) >= 11 is 1.57. The number of anilines is 1. The molecule has 0 aromatic carbocycles. The molecule has 3 nitrogen and oxygen atoms in total. The van der Waals surface area contributed by atoms with Gasteiger partial charge in [0.2, 0.25) is 0 Å². The van der Waals surface area contributed by atoms with Crippen molar-refractivity contribution in [2.45, 2.75) is 39.5 Å². The molecule has 20 heavy (non-hydrogen) atoms. The Morgan fingerprint density at radius 3 is 2.60 bits per heavy atom. The van der Waals surface area contributed by atoms with Crippen molar-refractivity contribution >= 4 is 22.8 Å². The van der Waals surface area contributed by atoms with Gasteiger partial charge in [-0.2, -0.15) is 0 Å². The van der Waals surface area contributed by atoms with Crippen LogP contribution >= 0.6 is 11.3 Å². The highest BCUT2D eigenvalue weighted by molar-refractivity contribution is 7.14. The van der Waals surface area contributed by atoms with Crippen LogP contribution in [0.1, 0.15) is 46.6 Å². The number of carbonyl (C=O) groups is 1. The van der Waals surface area contributed by atoms with E-state index in [-0.39, 0.29) is 11.2 Å². The third-order valence-corrected chi connectivity index (χ3v) is 4.72. The largest absolute Gasteiger partial charge is 0.397 e. The van der Waals surface area contributed by atoms with Gasteiger partial charge in [-0.25, -0.2) is 0 Å². The maximum absolute atomic E-state index is 12.3. The van der Waals surface area contributed by atoms with Crippen molar-refractivity contribution in [2.75, 3.05) is 5.73 Å². The van der Waals surface area contributed by atoms with Crippen LogP contribution in [0.25, 0.3) is 0 Å². The zero-order valence-electron chi connectivity index (χ0n) is 12.4. The molecule has 0 fully saturated rings. The molecule has 2 heterocycles. The topological polar surface area (TPSA) is 56.0 Å². The van der Waals surface area contributed by atoms with E-state index >= 15 is 0 Å². The first-order valence-electron chi connectivity index (χ1n) is 6.62. The van der Waals surface area contributed by atoms with Crippen molar-refractivity contribution in [3.05, 3.63) is 45.4 Å². The second-order valence-electron chi connectivity index (χ2n) is 6.03. The summed E-state index contributed by atoms with van der Waals surface area (Å²) in [5.74, 6) is 0.121. The summed E-state index contributed by atoms with van der Waals surface area (Å²) in [6.45, 7) is 8.31. The number of nitrogen functional groups attached to an aromatic ring is 1. The molecule has 0 saturated carbocycles. The molecule has 0 spiro atoms. The van der Waals surface area contributed by atoms with Gasteiger partial charge in [0.15, 0.2) is 5.78 Å². The first kappa shape index (κ1) is 14.7. The van der Waals surface area contributed by atoms with Gasteiger partial charge < -0.3 is 5.73 Å².